The molecule has 6 nitrogen and oxygen atoms in total. The first-order chi connectivity index (χ1) is 10.0. The number of hydrogen-bond acceptors (Lipinski definition) is 4. The Hall–Kier alpha value is -1.40. The zero-order valence-electron chi connectivity index (χ0n) is 13.1. The third-order valence-electron chi connectivity index (χ3n) is 4.34. The van der Waals surface area contributed by atoms with E-state index in [1.165, 1.54) is 0 Å². The van der Waals surface area contributed by atoms with Crippen LogP contribution in [-0.4, -0.2) is 45.5 Å². The van der Waals surface area contributed by atoms with Crippen molar-refractivity contribution in [2.24, 2.45) is 5.73 Å². The first-order valence-corrected chi connectivity index (χ1v) is 7.82. The van der Waals surface area contributed by atoms with Crippen LogP contribution in [-0.2, 0) is 17.9 Å². The minimum atomic E-state index is -0.576. The molecular formula is C15H27N5O. The van der Waals surface area contributed by atoms with Crippen molar-refractivity contribution in [2.45, 2.75) is 51.7 Å². The molecule has 1 aromatic rings. The standard InChI is InChI=1S/C15H27N5O/c1-3-18-15(2,14(16)21)6-4-5-8-19-10-11-20-9-7-17-13(20)12-19/h7,9,18H,3-6,8,10-12H2,1-2H3,(H2,16,21). The van der Waals surface area contributed by atoms with Crippen LogP contribution in [0.4, 0.5) is 0 Å². The quantitative estimate of drug-likeness (QED) is 0.693. The van der Waals surface area contributed by atoms with E-state index >= 15 is 0 Å². The lowest BCUT2D eigenvalue weighted by Gasteiger charge is -2.29. The summed E-state index contributed by atoms with van der Waals surface area (Å²) in [4.78, 5) is 18.4. The van der Waals surface area contributed by atoms with Crippen LogP contribution < -0.4 is 11.1 Å². The highest BCUT2D eigenvalue weighted by molar-refractivity contribution is 5.84. The maximum Gasteiger partial charge on any atom is 0.237 e. The van der Waals surface area contributed by atoms with Crippen LogP contribution in [0.15, 0.2) is 12.4 Å². The summed E-state index contributed by atoms with van der Waals surface area (Å²) in [7, 11) is 0. The number of nitrogens with two attached hydrogens (primary N) is 1. The summed E-state index contributed by atoms with van der Waals surface area (Å²) in [5.41, 5.74) is 4.92. The molecular weight excluding hydrogens is 266 g/mol. The van der Waals surface area contributed by atoms with Gasteiger partial charge in [0.15, 0.2) is 0 Å². The maximum absolute atomic E-state index is 11.6. The molecule has 0 radical (unpaired) electrons. The van der Waals surface area contributed by atoms with Crippen molar-refractivity contribution in [1.82, 2.24) is 19.8 Å². The van der Waals surface area contributed by atoms with Gasteiger partial charge in [0, 0.05) is 25.5 Å². The Morgan fingerprint density at radius 3 is 3.00 bits per heavy atom. The van der Waals surface area contributed by atoms with E-state index in [-0.39, 0.29) is 5.91 Å². The molecule has 3 N–H and O–H groups in total. The van der Waals surface area contributed by atoms with Crippen molar-refractivity contribution in [3.8, 4) is 0 Å². The number of fused-ring (bicyclic) bond motifs is 1. The van der Waals surface area contributed by atoms with E-state index in [1.54, 1.807) is 0 Å². The Morgan fingerprint density at radius 1 is 1.48 bits per heavy atom. The van der Waals surface area contributed by atoms with Gasteiger partial charge in [0.05, 0.1) is 12.1 Å². The number of likely N-dealkylation sites (N-methyl/N-ethyl adjacent to an activating group) is 1. The molecule has 1 aliphatic rings. The second-order valence-electron chi connectivity index (χ2n) is 6.00. The Kier molecular flexibility index (Phi) is 5.36. The number of primary amides is 1. The molecule has 1 unspecified atom stereocenters. The van der Waals surface area contributed by atoms with E-state index in [2.05, 4.69) is 19.8 Å². The predicted octanol–water partition coefficient (Wildman–Crippen LogP) is 0.723. The molecule has 2 rings (SSSR count). The molecule has 0 saturated heterocycles. The van der Waals surface area contributed by atoms with Crippen molar-refractivity contribution in [1.29, 1.82) is 0 Å². The molecule has 21 heavy (non-hydrogen) atoms. The zero-order valence-corrected chi connectivity index (χ0v) is 13.1. The Labute approximate surface area is 126 Å². The lowest BCUT2D eigenvalue weighted by molar-refractivity contribution is -0.124. The first-order valence-electron chi connectivity index (χ1n) is 7.82. The number of imidazole rings is 1. The van der Waals surface area contributed by atoms with Gasteiger partial charge in [0.25, 0.3) is 0 Å². The van der Waals surface area contributed by atoms with Crippen molar-refractivity contribution >= 4 is 5.91 Å². The lowest BCUT2D eigenvalue weighted by atomic mass is 9.94. The van der Waals surface area contributed by atoms with Gasteiger partial charge in [-0.15, -0.1) is 0 Å². The molecule has 0 saturated carbocycles. The number of nitrogens with one attached hydrogen (secondary N) is 1. The number of hydrogen-bond donors (Lipinski definition) is 2. The third-order valence-corrected chi connectivity index (χ3v) is 4.34. The van der Waals surface area contributed by atoms with Gasteiger partial charge in [0.2, 0.25) is 5.91 Å². The average Bonchev–Trinajstić information content (AvgIpc) is 2.91. The van der Waals surface area contributed by atoms with Crippen molar-refractivity contribution in [2.75, 3.05) is 19.6 Å². The lowest BCUT2D eigenvalue weighted by Crippen LogP contribution is -2.53. The van der Waals surface area contributed by atoms with Gasteiger partial charge in [-0.05, 0) is 39.3 Å². The highest BCUT2D eigenvalue weighted by Gasteiger charge is 2.29. The minimum absolute atomic E-state index is 0.260. The van der Waals surface area contributed by atoms with Crippen LogP contribution in [0.5, 0.6) is 0 Å². The molecule has 0 spiro atoms. The summed E-state index contributed by atoms with van der Waals surface area (Å²) in [5, 5.41) is 3.20. The van der Waals surface area contributed by atoms with Crippen molar-refractivity contribution in [3.05, 3.63) is 18.2 Å². The summed E-state index contributed by atoms with van der Waals surface area (Å²) in [6.07, 6.45) is 6.78. The van der Waals surface area contributed by atoms with E-state index < -0.39 is 5.54 Å². The molecule has 2 heterocycles. The topological polar surface area (TPSA) is 76.2 Å². The molecule has 1 aliphatic heterocycles. The van der Waals surface area contributed by atoms with Crippen molar-refractivity contribution < 1.29 is 4.79 Å². The Balaban J connectivity index is 1.71. The Morgan fingerprint density at radius 2 is 2.29 bits per heavy atom. The van der Waals surface area contributed by atoms with Crippen LogP contribution in [0.2, 0.25) is 0 Å². The van der Waals surface area contributed by atoms with Gasteiger partial charge in [-0.3, -0.25) is 9.69 Å². The Bertz CT molecular complexity index is 472. The molecule has 1 aromatic heterocycles. The molecule has 118 valence electrons. The van der Waals surface area contributed by atoms with E-state index in [0.29, 0.717) is 0 Å². The largest absolute Gasteiger partial charge is 0.368 e. The number of rotatable bonds is 8. The average molecular weight is 293 g/mol. The monoisotopic (exact) mass is 293 g/mol. The third kappa shape index (κ3) is 4.04. The van der Waals surface area contributed by atoms with E-state index in [9.17, 15) is 4.79 Å². The zero-order chi connectivity index (χ0) is 15.3. The molecule has 0 fully saturated rings. The van der Waals surface area contributed by atoms with Crippen LogP contribution in [0, 0.1) is 0 Å². The van der Waals surface area contributed by atoms with Gasteiger partial charge in [0.1, 0.15) is 5.82 Å². The van der Waals surface area contributed by atoms with E-state index in [0.717, 1.165) is 57.8 Å². The number of amides is 1. The van der Waals surface area contributed by atoms with Crippen LogP contribution in [0.25, 0.3) is 0 Å². The number of aromatic nitrogens is 2. The smallest absolute Gasteiger partial charge is 0.237 e. The summed E-state index contributed by atoms with van der Waals surface area (Å²) in [6.45, 7) is 8.72. The summed E-state index contributed by atoms with van der Waals surface area (Å²) >= 11 is 0. The second kappa shape index (κ2) is 7.04. The van der Waals surface area contributed by atoms with E-state index in [4.69, 9.17) is 5.73 Å². The molecule has 0 bridgehead atoms. The number of unbranched alkanes of at least 4 members (excludes halogenated alkanes) is 1. The fourth-order valence-corrected chi connectivity index (χ4v) is 2.92. The summed E-state index contributed by atoms with van der Waals surface area (Å²) in [5.74, 6) is 0.889. The van der Waals surface area contributed by atoms with Crippen molar-refractivity contribution in [3.63, 3.8) is 0 Å². The number of carbonyl (C=O) groups excluding carboxylic acids is 1. The highest BCUT2D eigenvalue weighted by Crippen LogP contribution is 2.15. The van der Waals surface area contributed by atoms with Gasteiger partial charge in [-0.2, -0.15) is 0 Å². The number of nitrogens with zero attached hydrogens (tertiary/aromatic N) is 3. The molecule has 6 heteroatoms. The van der Waals surface area contributed by atoms with Gasteiger partial charge in [-0.1, -0.05) is 6.92 Å². The molecule has 1 amide bonds. The summed E-state index contributed by atoms with van der Waals surface area (Å²) in [6, 6.07) is 0. The highest BCUT2D eigenvalue weighted by atomic mass is 16.1. The molecule has 0 aromatic carbocycles. The fourth-order valence-electron chi connectivity index (χ4n) is 2.92. The molecule has 1 atom stereocenters. The molecule has 0 aliphatic carbocycles. The maximum atomic E-state index is 11.6. The predicted molar refractivity (Wildman–Crippen MR) is 82.6 cm³/mol. The van der Waals surface area contributed by atoms with E-state index in [1.807, 2.05) is 26.2 Å². The van der Waals surface area contributed by atoms with Gasteiger partial charge >= 0.3 is 0 Å². The number of carbonyl (C=O) groups is 1. The fraction of sp³-hybridized carbons (Fsp3) is 0.733. The van der Waals surface area contributed by atoms with Crippen LogP contribution in [0.1, 0.15) is 38.9 Å². The summed E-state index contributed by atoms with van der Waals surface area (Å²) < 4.78 is 2.21. The SMILES string of the molecule is CCNC(C)(CCCCN1CCn2ccnc2C1)C(N)=O. The minimum Gasteiger partial charge on any atom is -0.368 e. The van der Waals surface area contributed by atoms with Gasteiger partial charge < -0.3 is 15.6 Å². The van der Waals surface area contributed by atoms with Crippen LogP contribution >= 0.6 is 0 Å². The second-order valence-corrected chi connectivity index (χ2v) is 6.00. The normalized spacial score (nSPS) is 18.2. The van der Waals surface area contributed by atoms with Crippen LogP contribution in [0.3, 0.4) is 0 Å². The van der Waals surface area contributed by atoms with Gasteiger partial charge in [-0.25, -0.2) is 4.98 Å². The first kappa shape index (κ1) is 16.0.